The first-order chi connectivity index (χ1) is 13.4. The molecule has 2 aromatic rings. The summed E-state index contributed by atoms with van der Waals surface area (Å²) < 4.78 is 10.7. The van der Waals surface area contributed by atoms with E-state index in [4.69, 9.17) is 20.6 Å². The van der Waals surface area contributed by atoms with Gasteiger partial charge in [0, 0.05) is 17.5 Å². The van der Waals surface area contributed by atoms with E-state index in [9.17, 15) is 4.79 Å². The minimum Gasteiger partial charge on any atom is -0.497 e. The number of carbonyl (C=O) groups excluding carboxylic acids is 1. The molecule has 0 heterocycles. The zero-order valence-electron chi connectivity index (χ0n) is 16.7. The summed E-state index contributed by atoms with van der Waals surface area (Å²) in [4.78, 5) is 12.8. The number of hydrogen-bond acceptors (Lipinski definition) is 5. The van der Waals surface area contributed by atoms with E-state index in [2.05, 4.69) is 5.32 Å². The summed E-state index contributed by atoms with van der Waals surface area (Å²) >= 11 is 0. The van der Waals surface area contributed by atoms with Crippen LogP contribution in [0.1, 0.15) is 47.8 Å². The third-order valence-electron chi connectivity index (χ3n) is 4.54. The Morgan fingerprint density at radius 3 is 2.57 bits per heavy atom. The van der Waals surface area contributed by atoms with E-state index in [0.29, 0.717) is 29.0 Å². The smallest absolute Gasteiger partial charge is 0.255 e. The third-order valence-corrected chi connectivity index (χ3v) is 4.54. The van der Waals surface area contributed by atoms with Gasteiger partial charge in [0.25, 0.3) is 5.91 Å². The van der Waals surface area contributed by atoms with Gasteiger partial charge in [0.05, 0.1) is 25.8 Å². The first kappa shape index (κ1) is 21.0. The van der Waals surface area contributed by atoms with Crippen molar-refractivity contribution in [2.24, 2.45) is 5.73 Å². The SMILES string of the molecule is CCC(=N)/C(=C\N)c1ccc(C(=O)N[C@H](C)c2cccc(OC)c2)c(OC)c1. The summed E-state index contributed by atoms with van der Waals surface area (Å²) in [7, 11) is 3.12. The Bertz CT molecular complexity index is 890. The average molecular weight is 381 g/mol. The van der Waals surface area contributed by atoms with Gasteiger partial charge in [-0.25, -0.2) is 0 Å². The predicted molar refractivity (Wildman–Crippen MR) is 112 cm³/mol. The van der Waals surface area contributed by atoms with Gasteiger partial charge in [0.2, 0.25) is 0 Å². The fraction of sp³-hybridized carbons (Fsp3) is 0.273. The molecule has 0 saturated heterocycles. The molecule has 2 aromatic carbocycles. The second kappa shape index (κ2) is 9.60. The van der Waals surface area contributed by atoms with E-state index in [1.54, 1.807) is 25.3 Å². The number of allylic oxidation sites excluding steroid dienone is 1. The molecule has 0 bridgehead atoms. The van der Waals surface area contributed by atoms with E-state index < -0.39 is 0 Å². The van der Waals surface area contributed by atoms with Crippen LogP contribution in [-0.2, 0) is 0 Å². The molecule has 1 amide bonds. The summed E-state index contributed by atoms with van der Waals surface area (Å²) in [5.41, 5.74) is 8.83. The molecule has 0 aliphatic carbocycles. The van der Waals surface area contributed by atoms with Crippen LogP contribution in [0.2, 0.25) is 0 Å². The summed E-state index contributed by atoms with van der Waals surface area (Å²) in [5.74, 6) is 0.915. The fourth-order valence-corrected chi connectivity index (χ4v) is 2.88. The van der Waals surface area contributed by atoms with Gasteiger partial charge in [-0.1, -0.05) is 25.1 Å². The van der Waals surface area contributed by atoms with Crippen molar-refractivity contribution in [1.29, 1.82) is 5.41 Å². The highest BCUT2D eigenvalue weighted by Gasteiger charge is 2.18. The maximum absolute atomic E-state index is 12.8. The zero-order chi connectivity index (χ0) is 20.7. The first-order valence-corrected chi connectivity index (χ1v) is 9.08. The van der Waals surface area contributed by atoms with Crippen LogP contribution in [0.4, 0.5) is 0 Å². The minimum atomic E-state index is -0.248. The lowest BCUT2D eigenvalue weighted by Crippen LogP contribution is -2.27. The van der Waals surface area contributed by atoms with Crippen LogP contribution < -0.4 is 20.5 Å². The van der Waals surface area contributed by atoms with E-state index >= 15 is 0 Å². The highest BCUT2D eigenvalue weighted by Crippen LogP contribution is 2.26. The quantitative estimate of drug-likeness (QED) is 0.604. The normalized spacial score (nSPS) is 12.2. The molecule has 0 aliphatic rings. The maximum atomic E-state index is 12.8. The molecular weight excluding hydrogens is 354 g/mol. The van der Waals surface area contributed by atoms with Gasteiger partial charge in [0.1, 0.15) is 11.5 Å². The minimum absolute atomic E-state index is 0.209. The number of carbonyl (C=O) groups is 1. The van der Waals surface area contributed by atoms with Crippen molar-refractivity contribution in [3.63, 3.8) is 0 Å². The van der Waals surface area contributed by atoms with Gasteiger partial charge < -0.3 is 25.9 Å². The van der Waals surface area contributed by atoms with Crippen LogP contribution in [0.15, 0.2) is 48.7 Å². The Morgan fingerprint density at radius 1 is 1.21 bits per heavy atom. The van der Waals surface area contributed by atoms with E-state index in [1.807, 2.05) is 38.1 Å². The number of benzene rings is 2. The number of nitrogens with two attached hydrogens (primary N) is 1. The number of amides is 1. The van der Waals surface area contributed by atoms with Crippen LogP contribution in [0.3, 0.4) is 0 Å². The number of rotatable bonds is 8. The Balaban J connectivity index is 2.26. The number of methoxy groups -OCH3 is 2. The van der Waals surface area contributed by atoms with E-state index in [1.165, 1.54) is 13.3 Å². The second-order valence-corrected chi connectivity index (χ2v) is 6.30. The predicted octanol–water partition coefficient (Wildman–Crippen LogP) is 3.92. The Labute approximate surface area is 165 Å². The summed E-state index contributed by atoms with van der Waals surface area (Å²) in [6.07, 6.45) is 1.97. The molecule has 0 spiro atoms. The van der Waals surface area contributed by atoms with Crippen molar-refractivity contribution >= 4 is 17.2 Å². The number of ether oxygens (including phenoxy) is 2. The van der Waals surface area contributed by atoms with Crippen molar-refractivity contribution in [1.82, 2.24) is 5.32 Å². The van der Waals surface area contributed by atoms with Gasteiger partial charge >= 0.3 is 0 Å². The zero-order valence-corrected chi connectivity index (χ0v) is 16.7. The molecule has 0 aromatic heterocycles. The summed E-state index contributed by atoms with van der Waals surface area (Å²) in [6, 6.07) is 12.5. The van der Waals surface area contributed by atoms with Gasteiger partial charge in [-0.05, 0) is 48.7 Å². The van der Waals surface area contributed by atoms with Gasteiger partial charge in [-0.15, -0.1) is 0 Å². The molecular formula is C22H27N3O3. The van der Waals surface area contributed by atoms with E-state index in [-0.39, 0.29) is 11.9 Å². The van der Waals surface area contributed by atoms with Crippen LogP contribution in [0.5, 0.6) is 11.5 Å². The Hall–Kier alpha value is -3.28. The van der Waals surface area contributed by atoms with Crippen LogP contribution in [-0.4, -0.2) is 25.8 Å². The number of hydrogen-bond donors (Lipinski definition) is 3. The van der Waals surface area contributed by atoms with E-state index in [0.717, 1.165) is 16.9 Å². The highest BCUT2D eigenvalue weighted by atomic mass is 16.5. The molecule has 6 nitrogen and oxygen atoms in total. The van der Waals surface area contributed by atoms with Crippen LogP contribution >= 0.6 is 0 Å². The standard InChI is InChI=1S/C22H27N3O3/c1-5-20(24)19(13-23)16-9-10-18(21(12-16)28-4)22(26)25-14(2)15-7-6-8-17(11-15)27-3/h6-14,24H,5,23H2,1-4H3,(H,25,26)/b19-13-,24-20?/t14-/m1/s1. The lowest BCUT2D eigenvalue weighted by Gasteiger charge is -2.17. The fourth-order valence-electron chi connectivity index (χ4n) is 2.88. The molecule has 4 N–H and O–H groups in total. The lowest BCUT2D eigenvalue weighted by molar-refractivity contribution is 0.0936. The third kappa shape index (κ3) is 4.71. The average Bonchev–Trinajstić information content (AvgIpc) is 2.73. The molecule has 0 unspecified atom stereocenters. The lowest BCUT2D eigenvalue weighted by atomic mass is 9.98. The van der Waals surface area contributed by atoms with Gasteiger partial charge in [-0.3, -0.25) is 4.79 Å². The maximum Gasteiger partial charge on any atom is 0.255 e. The largest absolute Gasteiger partial charge is 0.497 e. The Morgan fingerprint density at radius 2 is 1.96 bits per heavy atom. The molecule has 148 valence electrons. The molecule has 0 aliphatic heterocycles. The van der Waals surface area contributed by atoms with Gasteiger partial charge in [0.15, 0.2) is 0 Å². The van der Waals surface area contributed by atoms with Crippen molar-refractivity contribution < 1.29 is 14.3 Å². The topological polar surface area (TPSA) is 97.4 Å². The molecule has 2 rings (SSSR count). The second-order valence-electron chi connectivity index (χ2n) is 6.30. The number of nitrogens with one attached hydrogen (secondary N) is 2. The molecule has 6 heteroatoms. The van der Waals surface area contributed by atoms with Crippen molar-refractivity contribution in [3.05, 3.63) is 65.4 Å². The Kier molecular flexibility index (Phi) is 7.21. The molecule has 0 radical (unpaired) electrons. The summed E-state index contributed by atoms with van der Waals surface area (Å²) in [6.45, 7) is 3.80. The highest BCUT2D eigenvalue weighted by molar-refractivity contribution is 6.22. The molecule has 1 atom stereocenters. The van der Waals surface area contributed by atoms with Crippen molar-refractivity contribution in [3.8, 4) is 11.5 Å². The van der Waals surface area contributed by atoms with Crippen molar-refractivity contribution in [2.75, 3.05) is 14.2 Å². The van der Waals surface area contributed by atoms with Crippen molar-refractivity contribution in [2.45, 2.75) is 26.3 Å². The monoisotopic (exact) mass is 381 g/mol. The molecule has 0 fully saturated rings. The van der Waals surface area contributed by atoms with Crippen LogP contribution in [0, 0.1) is 5.41 Å². The first-order valence-electron chi connectivity index (χ1n) is 9.08. The molecule has 28 heavy (non-hydrogen) atoms. The summed E-state index contributed by atoms with van der Waals surface area (Å²) in [5, 5.41) is 11.0. The van der Waals surface area contributed by atoms with Crippen LogP contribution in [0.25, 0.3) is 5.57 Å². The molecule has 0 saturated carbocycles. The van der Waals surface area contributed by atoms with Gasteiger partial charge in [-0.2, -0.15) is 0 Å².